The third kappa shape index (κ3) is 2.62. The predicted molar refractivity (Wildman–Crippen MR) is 93.8 cm³/mol. The Labute approximate surface area is 149 Å². The summed E-state index contributed by atoms with van der Waals surface area (Å²) in [7, 11) is 3.35. The summed E-state index contributed by atoms with van der Waals surface area (Å²) in [5.41, 5.74) is 0.419. The topological polar surface area (TPSA) is 93.4 Å². The lowest BCUT2D eigenvalue weighted by Crippen LogP contribution is -2.33. The summed E-state index contributed by atoms with van der Waals surface area (Å²) in [5, 5.41) is 4.48. The molecule has 1 N–H and O–H groups in total. The second kappa shape index (κ2) is 6.45. The number of nitrogens with zero attached hydrogens (tertiary/aromatic N) is 3. The van der Waals surface area contributed by atoms with Crippen molar-refractivity contribution in [1.29, 1.82) is 0 Å². The molecule has 0 aliphatic carbocycles. The molecule has 8 heteroatoms. The van der Waals surface area contributed by atoms with Crippen LogP contribution in [0.4, 0.5) is 0 Å². The maximum atomic E-state index is 13.0. The van der Waals surface area contributed by atoms with Crippen LogP contribution in [0.5, 0.6) is 0 Å². The molecular formula is C18H20N4O4. The van der Waals surface area contributed by atoms with Crippen LogP contribution in [0.25, 0.3) is 11.0 Å². The largest absolute Gasteiger partial charge is 0.461 e. The van der Waals surface area contributed by atoms with Crippen LogP contribution in [0.15, 0.2) is 33.7 Å². The molecule has 0 saturated carbocycles. The molecule has 8 nitrogen and oxygen atoms in total. The minimum Gasteiger partial charge on any atom is -0.461 e. The summed E-state index contributed by atoms with van der Waals surface area (Å²) in [4.78, 5) is 30.5. The van der Waals surface area contributed by atoms with Gasteiger partial charge in [0.15, 0.2) is 0 Å². The van der Waals surface area contributed by atoms with E-state index in [-0.39, 0.29) is 22.9 Å². The van der Waals surface area contributed by atoms with Crippen molar-refractivity contribution < 1.29 is 13.9 Å². The molecule has 1 amide bonds. The molecule has 1 fully saturated rings. The zero-order chi connectivity index (χ0) is 18.3. The zero-order valence-electron chi connectivity index (χ0n) is 14.7. The number of fused-ring (bicyclic) bond motifs is 1. The van der Waals surface area contributed by atoms with Gasteiger partial charge in [0.2, 0.25) is 5.43 Å². The second-order valence-electron chi connectivity index (χ2n) is 6.46. The normalized spacial score (nSPS) is 17.3. The number of ether oxygens (including phenoxy) is 1. The van der Waals surface area contributed by atoms with E-state index in [0.29, 0.717) is 24.2 Å². The van der Waals surface area contributed by atoms with Crippen molar-refractivity contribution in [3.05, 3.63) is 51.8 Å². The average molecular weight is 356 g/mol. The fraction of sp³-hybridized carbons (Fsp3) is 0.389. The number of nitrogens with one attached hydrogen (secondary N) is 1. The highest BCUT2D eigenvalue weighted by atomic mass is 16.5. The molecular weight excluding hydrogens is 336 g/mol. The highest BCUT2D eigenvalue weighted by Gasteiger charge is 2.34. The number of amides is 1. The molecule has 0 bridgehead atoms. The molecule has 3 aromatic rings. The number of rotatable bonds is 4. The van der Waals surface area contributed by atoms with Crippen molar-refractivity contribution in [1.82, 2.24) is 19.7 Å². The van der Waals surface area contributed by atoms with E-state index in [9.17, 15) is 9.59 Å². The predicted octanol–water partition coefficient (Wildman–Crippen LogP) is 1.98. The third-order valence-corrected chi connectivity index (χ3v) is 4.82. The van der Waals surface area contributed by atoms with Gasteiger partial charge in [-0.15, -0.1) is 0 Å². The van der Waals surface area contributed by atoms with Gasteiger partial charge in [0.25, 0.3) is 5.91 Å². The molecule has 4 heterocycles. The average Bonchev–Trinajstić information content (AvgIpc) is 3.35. The number of carbonyl (C=O) groups excluding carboxylic acids is 1. The third-order valence-electron chi connectivity index (χ3n) is 4.82. The summed E-state index contributed by atoms with van der Waals surface area (Å²) in [6.45, 7) is 0.979. The summed E-state index contributed by atoms with van der Waals surface area (Å²) in [5.74, 6) is 1.16. The van der Waals surface area contributed by atoms with Crippen molar-refractivity contribution in [2.75, 3.05) is 13.7 Å². The van der Waals surface area contributed by atoms with Gasteiger partial charge in [-0.05, 0) is 25.0 Å². The van der Waals surface area contributed by atoms with E-state index in [1.54, 1.807) is 23.7 Å². The van der Waals surface area contributed by atoms with Gasteiger partial charge < -0.3 is 19.0 Å². The Bertz CT molecular complexity index is 1020. The van der Waals surface area contributed by atoms with Crippen LogP contribution in [0.2, 0.25) is 0 Å². The standard InChI is InChI=1S/C18H20N4O4/c1-21-17-12(9-20-21)16(23)13(8-19-17)18(24)22-7-3-4-14(22)15-6-5-11(26-15)10-25-2/h5-6,8-9,14H,3-4,7,10H2,1-2H3,(H,19,23). The number of H-pyrrole nitrogens is 1. The second-order valence-corrected chi connectivity index (χ2v) is 6.46. The van der Waals surface area contributed by atoms with Crippen LogP contribution in [0, 0.1) is 0 Å². The molecule has 1 saturated heterocycles. The van der Waals surface area contributed by atoms with Gasteiger partial charge in [-0.2, -0.15) is 5.10 Å². The molecule has 1 unspecified atom stereocenters. The van der Waals surface area contributed by atoms with Crippen LogP contribution in [-0.2, 0) is 18.4 Å². The first-order valence-corrected chi connectivity index (χ1v) is 8.52. The molecule has 3 aromatic heterocycles. The number of aromatic nitrogens is 3. The molecule has 0 spiro atoms. The number of pyridine rings is 1. The highest BCUT2D eigenvalue weighted by molar-refractivity contribution is 5.97. The number of likely N-dealkylation sites (tertiary alicyclic amines) is 1. The number of furan rings is 1. The van der Waals surface area contributed by atoms with Gasteiger partial charge >= 0.3 is 0 Å². The van der Waals surface area contributed by atoms with Crippen molar-refractivity contribution in [2.45, 2.75) is 25.5 Å². The van der Waals surface area contributed by atoms with Crippen LogP contribution in [0.3, 0.4) is 0 Å². The summed E-state index contributed by atoms with van der Waals surface area (Å²) < 4.78 is 12.5. The zero-order valence-corrected chi connectivity index (χ0v) is 14.7. The van der Waals surface area contributed by atoms with Gasteiger partial charge in [0.1, 0.15) is 29.3 Å². The van der Waals surface area contributed by atoms with E-state index in [4.69, 9.17) is 9.15 Å². The molecule has 0 radical (unpaired) electrons. The monoisotopic (exact) mass is 356 g/mol. The van der Waals surface area contributed by atoms with Crippen LogP contribution in [0.1, 0.15) is 40.8 Å². The Morgan fingerprint density at radius 3 is 3.12 bits per heavy atom. The minimum atomic E-state index is -0.304. The quantitative estimate of drug-likeness (QED) is 0.771. The van der Waals surface area contributed by atoms with Crippen LogP contribution >= 0.6 is 0 Å². The number of aromatic amines is 1. The summed E-state index contributed by atoms with van der Waals surface area (Å²) in [6.07, 6.45) is 4.63. The number of methoxy groups -OCH3 is 1. The van der Waals surface area contributed by atoms with Crippen molar-refractivity contribution in [2.24, 2.45) is 7.05 Å². The first kappa shape index (κ1) is 16.6. The maximum absolute atomic E-state index is 13.0. The summed E-state index contributed by atoms with van der Waals surface area (Å²) in [6, 6.07) is 3.56. The number of carbonyl (C=O) groups is 1. The minimum absolute atomic E-state index is 0.126. The highest BCUT2D eigenvalue weighted by Crippen LogP contribution is 2.34. The van der Waals surface area contributed by atoms with Gasteiger partial charge in [-0.1, -0.05) is 0 Å². The van der Waals surface area contributed by atoms with E-state index in [0.717, 1.165) is 24.4 Å². The molecule has 26 heavy (non-hydrogen) atoms. The van der Waals surface area contributed by atoms with Gasteiger partial charge in [0, 0.05) is 26.9 Å². The Morgan fingerprint density at radius 2 is 2.31 bits per heavy atom. The van der Waals surface area contributed by atoms with E-state index in [1.165, 1.54) is 12.4 Å². The van der Waals surface area contributed by atoms with E-state index in [1.807, 2.05) is 12.1 Å². The molecule has 1 atom stereocenters. The number of hydrogen-bond donors (Lipinski definition) is 1. The lowest BCUT2D eigenvalue weighted by Gasteiger charge is -2.23. The molecule has 0 aromatic carbocycles. The van der Waals surface area contributed by atoms with Crippen molar-refractivity contribution in [3.8, 4) is 0 Å². The Kier molecular flexibility index (Phi) is 4.12. The van der Waals surface area contributed by atoms with Crippen molar-refractivity contribution in [3.63, 3.8) is 0 Å². The maximum Gasteiger partial charge on any atom is 0.259 e. The smallest absolute Gasteiger partial charge is 0.259 e. The fourth-order valence-corrected chi connectivity index (χ4v) is 3.54. The number of aryl methyl sites for hydroxylation is 1. The molecule has 1 aliphatic rings. The summed E-state index contributed by atoms with van der Waals surface area (Å²) >= 11 is 0. The Morgan fingerprint density at radius 1 is 1.46 bits per heavy atom. The lowest BCUT2D eigenvalue weighted by molar-refractivity contribution is 0.0714. The van der Waals surface area contributed by atoms with E-state index in [2.05, 4.69) is 10.1 Å². The van der Waals surface area contributed by atoms with Gasteiger partial charge in [0.05, 0.1) is 17.6 Å². The first-order valence-electron chi connectivity index (χ1n) is 8.52. The lowest BCUT2D eigenvalue weighted by atomic mass is 10.1. The SMILES string of the molecule is COCc1ccc(C2CCCN2C(=O)c2c[nH]c3c(cnn3C)c2=O)o1. The molecule has 4 rings (SSSR count). The number of hydrogen-bond acceptors (Lipinski definition) is 5. The van der Waals surface area contributed by atoms with Crippen molar-refractivity contribution >= 4 is 16.9 Å². The van der Waals surface area contributed by atoms with E-state index < -0.39 is 0 Å². The Hall–Kier alpha value is -2.87. The molecule has 1 aliphatic heterocycles. The van der Waals surface area contributed by atoms with E-state index >= 15 is 0 Å². The first-order chi connectivity index (χ1) is 12.6. The van der Waals surface area contributed by atoms with Gasteiger partial charge in [-0.3, -0.25) is 14.3 Å². The fourth-order valence-electron chi connectivity index (χ4n) is 3.54. The van der Waals surface area contributed by atoms with Crippen LogP contribution in [-0.4, -0.2) is 39.2 Å². The molecule has 136 valence electrons. The Balaban J connectivity index is 1.66. The van der Waals surface area contributed by atoms with Gasteiger partial charge in [-0.25, -0.2) is 0 Å². The van der Waals surface area contributed by atoms with Crippen LogP contribution < -0.4 is 5.43 Å².